The van der Waals surface area contributed by atoms with Crippen molar-refractivity contribution >= 4 is 24.3 Å². The van der Waals surface area contributed by atoms with Gasteiger partial charge in [-0.3, -0.25) is 9.98 Å². The Labute approximate surface area is 184 Å². The number of nitriles is 2. The van der Waals surface area contributed by atoms with Gasteiger partial charge in [0.15, 0.2) is 0 Å². The van der Waals surface area contributed by atoms with Crippen LogP contribution in [0.3, 0.4) is 0 Å². The smallest absolute Gasteiger partial charge is 0.264 e. The Kier molecular flexibility index (Phi) is 7.63. The lowest BCUT2D eigenvalue weighted by Crippen LogP contribution is -2.15. The van der Waals surface area contributed by atoms with Crippen molar-refractivity contribution < 1.29 is 0 Å². The Balaban J connectivity index is 2.56. The van der Waals surface area contributed by atoms with Crippen LogP contribution in [0.5, 0.6) is 0 Å². The fraction of sp³-hybridized carbons (Fsp3) is 0.360. The number of hydrogen-bond acceptors (Lipinski definition) is 4. The summed E-state index contributed by atoms with van der Waals surface area (Å²) in [5.74, 6) is 0.208. The molecule has 0 aromatic heterocycles. The van der Waals surface area contributed by atoms with Gasteiger partial charge in [-0.25, -0.2) is 20.2 Å². The van der Waals surface area contributed by atoms with Gasteiger partial charge in [0.1, 0.15) is 0 Å². The average Bonchev–Trinajstić information content (AvgIpc) is 3.12. The molecule has 31 heavy (non-hydrogen) atoms. The second kappa shape index (κ2) is 10.2. The van der Waals surface area contributed by atoms with Gasteiger partial charge in [0, 0.05) is 12.1 Å². The van der Waals surface area contributed by atoms with E-state index in [2.05, 4.69) is 28.3 Å². The highest BCUT2D eigenvalue weighted by atomic mass is 14.8. The van der Waals surface area contributed by atoms with Crippen LogP contribution in [0.1, 0.15) is 37.8 Å². The van der Waals surface area contributed by atoms with Crippen LogP contribution >= 0.6 is 0 Å². The van der Waals surface area contributed by atoms with Crippen molar-refractivity contribution in [3.05, 3.63) is 68.6 Å². The minimum Gasteiger partial charge on any atom is -0.264 e. The standard InChI is InChI=1S/C25H24N6/c1-15-8-19(14-31-22-11-16(2)21(28-5)10-17(22)3)20(9-15)25(24(13-27)30-7)18(4)23(12-26)29-6/h10-11,14-15,19-20H,5,8-9H2,1-4H3/b23-18-,25-24-,31-14?. The summed E-state index contributed by atoms with van der Waals surface area (Å²) in [4.78, 5) is 15.5. The molecule has 0 aliphatic heterocycles. The van der Waals surface area contributed by atoms with Crippen LogP contribution in [0.25, 0.3) is 9.69 Å². The molecule has 0 heterocycles. The number of allylic oxidation sites excluding steroid dienone is 4. The normalized spacial score (nSPS) is 21.9. The predicted molar refractivity (Wildman–Crippen MR) is 123 cm³/mol. The summed E-state index contributed by atoms with van der Waals surface area (Å²) >= 11 is 0. The number of hydrogen-bond donors (Lipinski definition) is 0. The van der Waals surface area contributed by atoms with E-state index in [9.17, 15) is 10.5 Å². The summed E-state index contributed by atoms with van der Waals surface area (Å²) in [5, 5.41) is 18.9. The van der Waals surface area contributed by atoms with Gasteiger partial charge in [0.05, 0.1) is 36.7 Å². The number of aryl methyl sites for hydroxylation is 2. The molecule has 154 valence electrons. The molecule has 0 bridgehead atoms. The molecule has 6 heteroatoms. The van der Waals surface area contributed by atoms with Gasteiger partial charge in [-0.2, -0.15) is 0 Å². The molecule has 3 unspecified atom stereocenters. The lowest BCUT2D eigenvalue weighted by Gasteiger charge is -2.22. The SMILES string of the molecule is [C-]#[N+]/C(C#N)=C(C)\C(=C(/C#N)[N+]#[C-])C1CC(C)CC1C=Nc1cc(C)c(N=C)cc1C. The number of nitrogens with zero attached hydrogens (tertiary/aromatic N) is 6. The molecule has 0 amide bonds. The molecule has 0 radical (unpaired) electrons. The van der Waals surface area contributed by atoms with E-state index in [1.54, 1.807) is 6.92 Å². The van der Waals surface area contributed by atoms with E-state index < -0.39 is 0 Å². The van der Waals surface area contributed by atoms with Gasteiger partial charge in [-0.15, -0.1) is 0 Å². The Morgan fingerprint density at radius 1 is 1.10 bits per heavy atom. The highest BCUT2D eigenvalue weighted by Gasteiger charge is 2.36. The van der Waals surface area contributed by atoms with Gasteiger partial charge in [0.25, 0.3) is 11.4 Å². The van der Waals surface area contributed by atoms with Crippen molar-refractivity contribution in [2.45, 2.75) is 40.5 Å². The third kappa shape index (κ3) is 4.95. The zero-order valence-electron chi connectivity index (χ0n) is 18.3. The van der Waals surface area contributed by atoms with Gasteiger partial charge < -0.3 is 0 Å². The fourth-order valence-electron chi connectivity index (χ4n) is 4.20. The van der Waals surface area contributed by atoms with Crippen LogP contribution in [0.15, 0.2) is 44.7 Å². The quantitative estimate of drug-likeness (QED) is 0.244. The highest BCUT2D eigenvalue weighted by Crippen LogP contribution is 2.44. The van der Waals surface area contributed by atoms with E-state index in [0.717, 1.165) is 35.3 Å². The van der Waals surface area contributed by atoms with Crippen LogP contribution in [0.2, 0.25) is 0 Å². The van der Waals surface area contributed by atoms with E-state index in [4.69, 9.17) is 18.1 Å². The molecule has 1 aromatic rings. The van der Waals surface area contributed by atoms with E-state index in [1.807, 2.05) is 44.3 Å². The first-order valence-electron chi connectivity index (χ1n) is 9.93. The predicted octanol–water partition coefficient (Wildman–Crippen LogP) is 6.41. The van der Waals surface area contributed by atoms with Crippen LogP contribution in [-0.4, -0.2) is 12.9 Å². The summed E-state index contributed by atoms with van der Waals surface area (Å²) < 4.78 is 0. The molecular weight excluding hydrogens is 384 g/mol. The van der Waals surface area contributed by atoms with Gasteiger partial charge >= 0.3 is 0 Å². The molecule has 3 atom stereocenters. The first-order chi connectivity index (χ1) is 14.8. The Morgan fingerprint density at radius 2 is 1.68 bits per heavy atom. The molecular formula is C25H24N6. The van der Waals surface area contributed by atoms with Crippen molar-refractivity contribution in [2.75, 3.05) is 0 Å². The lowest BCUT2D eigenvalue weighted by atomic mass is 9.83. The maximum Gasteiger partial charge on any atom is 0.264 e. The van der Waals surface area contributed by atoms with E-state index >= 15 is 0 Å². The summed E-state index contributed by atoms with van der Waals surface area (Å²) in [6, 6.07) is 7.79. The third-order valence-corrected chi connectivity index (χ3v) is 5.76. The van der Waals surface area contributed by atoms with Gasteiger partial charge in [-0.1, -0.05) is 6.92 Å². The summed E-state index contributed by atoms with van der Waals surface area (Å²) in [5.41, 5.74) is 4.41. The van der Waals surface area contributed by atoms with E-state index in [0.29, 0.717) is 17.1 Å². The van der Waals surface area contributed by atoms with Crippen LogP contribution in [-0.2, 0) is 0 Å². The minimum atomic E-state index is -0.150. The molecule has 6 nitrogen and oxygen atoms in total. The third-order valence-electron chi connectivity index (χ3n) is 5.76. The summed E-state index contributed by atoms with van der Waals surface area (Å²) in [6.07, 6.45) is 3.51. The zero-order chi connectivity index (χ0) is 23.1. The molecule has 1 saturated carbocycles. The maximum absolute atomic E-state index is 9.56. The molecule has 1 aromatic carbocycles. The number of rotatable bonds is 5. The van der Waals surface area contributed by atoms with Crippen molar-refractivity contribution in [3.8, 4) is 12.1 Å². The zero-order valence-corrected chi connectivity index (χ0v) is 18.3. The van der Waals surface area contributed by atoms with Crippen molar-refractivity contribution in [2.24, 2.45) is 27.7 Å². The van der Waals surface area contributed by atoms with Gasteiger partial charge in [0.2, 0.25) is 0 Å². The van der Waals surface area contributed by atoms with Crippen LogP contribution < -0.4 is 0 Å². The number of benzene rings is 1. The molecule has 0 N–H and O–H groups in total. The Bertz CT molecular complexity index is 1120. The second-order valence-corrected chi connectivity index (χ2v) is 7.89. The van der Waals surface area contributed by atoms with Crippen LogP contribution in [0.4, 0.5) is 11.4 Å². The first-order valence-corrected chi connectivity index (χ1v) is 9.93. The molecule has 1 aliphatic rings. The monoisotopic (exact) mass is 408 g/mol. The maximum atomic E-state index is 9.56. The van der Waals surface area contributed by atoms with Crippen molar-refractivity contribution in [1.29, 1.82) is 10.5 Å². The molecule has 1 fully saturated rings. The number of aliphatic imine (C=N–C) groups is 2. The molecule has 1 aliphatic carbocycles. The van der Waals surface area contributed by atoms with Gasteiger partial charge in [-0.05, 0) is 86.6 Å². The summed E-state index contributed by atoms with van der Waals surface area (Å²) in [6.45, 7) is 26.1. The van der Waals surface area contributed by atoms with Crippen molar-refractivity contribution in [3.63, 3.8) is 0 Å². The molecule has 0 spiro atoms. The highest BCUT2D eigenvalue weighted by molar-refractivity contribution is 5.71. The second-order valence-electron chi connectivity index (χ2n) is 7.89. The lowest BCUT2D eigenvalue weighted by molar-refractivity contribution is 0.558. The largest absolute Gasteiger partial charge is 0.264 e. The summed E-state index contributed by atoms with van der Waals surface area (Å²) in [7, 11) is 0. The van der Waals surface area contributed by atoms with E-state index in [-0.39, 0.29) is 23.2 Å². The fourth-order valence-corrected chi connectivity index (χ4v) is 4.20. The Hall–Kier alpha value is -4.00. The van der Waals surface area contributed by atoms with Crippen molar-refractivity contribution in [1.82, 2.24) is 0 Å². The minimum absolute atomic E-state index is 0.00682. The molecule has 0 saturated heterocycles. The molecule has 2 rings (SSSR count). The average molecular weight is 409 g/mol. The first kappa shape index (κ1) is 23.3. The topological polar surface area (TPSA) is 81.0 Å². The van der Waals surface area contributed by atoms with E-state index in [1.165, 1.54) is 0 Å². The van der Waals surface area contributed by atoms with Crippen LogP contribution in [0, 0.1) is 67.4 Å². The Morgan fingerprint density at radius 3 is 2.23 bits per heavy atom.